The molecule has 1 fully saturated rings. The van der Waals surface area contributed by atoms with E-state index >= 15 is 0 Å². The van der Waals surface area contributed by atoms with Gasteiger partial charge in [0.2, 0.25) is 0 Å². The van der Waals surface area contributed by atoms with Gasteiger partial charge < -0.3 is 10.5 Å². The van der Waals surface area contributed by atoms with Crippen molar-refractivity contribution in [1.29, 1.82) is 0 Å². The predicted molar refractivity (Wildman–Crippen MR) is 66.6 cm³/mol. The number of aryl methyl sites for hydroxylation is 1. The lowest BCUT2D eigenvalue weighted by molar-refractivity contribution is 0.123. The molecule has 0 bridgehead atoms. The number of hydrogen-bond acceptors (Lipinski definition) is 4. The monoisotopic (exact) mass is 238 g/mol. The summed E-state index contributed by atoms with van der Waals surface area (Å²) in [4.78, 5) is 2.33. The van der Waals surface area contributed by atoms with Crippen LogP contribution in [0.1, 0.15) is 24.9 Å². The third-order valence-electron chi connectivity index (χ3n) is 3.48. The molecule has 96 valence electrons. The molecule has 2 rings (SSSR count). The molecule has 1 aromatic heterocycles. The Hall–Kier alpha value is -0.910. The maximum absolute atomic E-state index is 6.13. The number of hydrogen-bond donors (Lipinski definition) is 1. The van der Waals surface area contributed by atoms with Crippen LogP contribution >= 0.6 is 0 Å². The summed E-state index contributed by atoms with van der Waals surface area (Å²) in [6, 6.07) is 0.742. The number of rotatable bonds is 4. The molecule has 2 heterocycles. The average Bonchev–Trinajstić information content (AvgIpc) is 2.88. The van der Waals surface area contributed by atoms with E-state index in [1.807, 2.05) is 31.0 Å². The molecular weight excluding hydrogens is 216 g/mol. The lowest BCUT2D eigenvalue weighted by Gasteiger charge is -2.34. The first-order valence-corrected chi connectivity index (χ1v) is 6.13. The van der Waals surface area contributed by atoms with Gasteiger partial charge in [-0.05, 0) is 20.4 Å². The van der Waals surface area contributed by atoms with E-state index in [2.05, 4.69) is 17.0 Å². The summed E-state index contributed by atoms with van der Waals surface area (Å²) in [5.41, 5.74) is 7.30. The van der Waals surface area contributed by atoms with Crippen LogP contribution in [0.4, 0.5) is 0 Å². The number of nitrogens with zero attached hydrogens (tertiary/aromatic N) is 3. The molecule has 0 spiro atoms. The third-order valence-corrected chi connectivity index (χ3v) is 3.48. The molecule has 0 aromatic carbocycles. The zero-order valence-electron chi connectivity index (χ0n) is 10.8. The van der Waals surface area contributed by atoms with Crippen molar-refractivity contribution < 1.29 is 4.74 Å². The van der Waals surface area contributed by atoms with Gasteiger partial charge in [-0.1, -0.05) is 0 Å². The molecule has 1 aliphatic heterocycles. The standard InChI is InChI=1S/C12H22N4O/c1-9(13)12(10-6-14-15(2)7-10)16(3)11-4-5-17-8-11/h6-7,9,11-12H,4-5,8,13H2,1-3H3. The molecule has 5 heteroatoms. The van der Waals surface area contributed by atoms with Gasteiger partial charge in [0.15, 0.2) is 0 Å². The van der Waals surface area contributed by atoms with Crippen molar-refractivity contribution in [3.8, 4) is 0 Å². The van der Waals surface area contributed by atoms with E-state index in [4.69, 9.17) is 10.5 Å². The number of nitrogens with two attached hydrogens (primary N) is 1. The highest BCUT2D eigenvalue weighted by Gasteiger charge is 2.30. The molecule has 0 amide bonds. The van der Waals surface area contributed by atoms with E-state index in [1.54, 1.807) is 0 Å². The fourth-order valence-corrected chi connectivity index (χ4v) is 2.57. The normalized spacial score (nSPS) is 24.2. The van der Waals surface area contributed by atoms with Crippen molar-refractivity contribution in [1.82, 2.24) is 14.7 Å². The zero-order chi connectivity index (χ0) is 12.4. The van der Waals surface area contributed by atoms with Crippen molar-refractivity contribution in [2.45, 2.75) is 31.5 Å². The molecule has 3 atom stereocenters. The molecule has 0 radical (unpaired) electrons. The topological polar surface area (TPSA) is 56.3 Å². The van der Waals surface area contributed by atoms with E-state index in [1.165, 1.54) is 5.56 Å². The molecule has 2 N–H and O–H groups in total. The van der Waals surface area contributed by atoms with Gasteiger partial charge in [0.05, 0.1) is 18.8 Å². The largest absolute Gasteiger partial charge is 0.380 e. The van der Waals surface area contributed by atoms with Crippen LogP contribution in [0.2, 0.25) is 0 Å². The highest BCUT2D eigenvalue weighted by Crippen LogP contribution is 2.26. The molecule has 0 saturated carbocycles. The highest BCUT2D eigenvalue weighted by molar-refractivity contribution is 5.13. The van der Waals surface area contributed by atoms with Crippen LogP contribution in [0.25, 0.3) is 0 Å². The fourth-order valence-electron chi connectivity index (χ4n) is 2.57. The van der Waals surface area contributed by atoms with Crippen LogP contribution in [-0.4, -0.2) is 47.0 Å². The van der Waals surface area contributed by atoms with Crippen LogP contribution in [0, 0.1) is 0 Å². The molecule has 5 nitrogen and oxygen atoms in total. The van der Waals surface area contributed by atoms with Gasteiger partial charge in [-0.25, -0.2) is 0 Å². The highest BCUT2D eigenvalue weighted by atomic mass is 16.5. The first kappa shape index (κ1) is 12.5. The van der Waals surface area contributed by atoms with E-state index < -0.39 is 0 Å². The van der Waals surface area contributed by atoms with Crippen molar-refractivity contribution in [3.05, 3.63) is 18.0 Å². The minimum Gasteiger partial charge on any atom is -0.380 e. The van der Waals surface area contributed by atoms with Crippen LogP contribution in [0.3, 0.4) is 0 Å². The first-order valence-electron chi connectivity index (χ1n) is 6.13. The predicted octanol–water partition coefficient (Wildman–Crippen LogP) is 0.529. The molecular formula is C12H22N4O. The molecule has 1 aromatic rings. The average molecular weight is 238 g/mol. The second-order valence-electron chi connectivity index (χ2n) is 4.93. The number of likely N-dealkylation sites (N-methyl/N-ethyl adjacent to an activating group) is 1. The second-order valence-corrected chi connectivity index (χ2v) is 4.93. The molecule has 0 aliphatic carbocycles. The van der Waals surface area contributed by atoms with Gasteiger partial charge in [-0.3, -0.25) is 9.58 Å². The summed E-state index contributed by atoms with van der Waals surface area (Å²) >= 11 is 0. The van der Waals surface area contributed by atoms with Crippen molar-refractivity contribution in [2.75, 3.05) is 20.3 Å². The Balaban J connectivity index is 2.16. The molecule has 1 aliphatic rings. The molecule has 3 unspecified atom stereocenters. The van der Waals surface area contributed by atoms with Gasteiger partial charge in [-0.15, -0.1) is 0 Å². The van der Waals surface area contributed by atoms with Crippen LogP contribution in [0.15, 0.2) is 12.4 Å². The first-order chi connectivity index (χ1) is 8.09. The summed E-state index contributed by atoms with van der Waals surface area (Å²) in [6.07, 6.45) is 5.03. The SMILES string of the molecule is CC(N)C(c1cnn(C)c1)N(C)C1CCOC1. The summed E-state index contributed by atoms with van der Waals surface area (Å²) in [6.45, 7) is 3.71. The zero-order valence-corrected chi connectivity index (χ0v) is 10.8. The van der Waals surface area contributed by atoms with Crippen molar-refractivity contribution in [2.24, 2.45) is 12.8 Å². The maximum Gasteiger partial charge on any atom is 0.0622 e. The van der Waals surface area contributed by atoms with Crippen LogP contribution in [-0.2, 0) is 11.8 Å². The summed E-state index contributed by atoms with van der Waals surface area (Å²) in [7, 11) is 4.06. The maximum atomic E-state index is 6.13. The smallest absolute Gasteiger partial charge is 0.0622 e. The van der Waals surface area contributed by atoms with Crippen LogP contribution < -0.4 is 5.73 Å². The quantitative estimate of drug-likeness (QED) is 0.831. The Kier molecular flexibility index (Phi) is 3.81. The Bertz CT molecular complexity index is 357. The van der Waals surface area contributed by atoms with Crippen molar-refractivity contribution in [3.63, 3.8) is 0 Å². The van der Waals surface area contributed by atoms with E-state index in [9.17, 15) is 0 Å². The van der Waals surface area contributed by atoms with Crippen molar-refractivity contribution >= 4 is 0 Å². The van der Waals surface area contributed by atoms with E-state index in [0.717, 1.165) is 19.6 Å². The minimum atomic E-state index is 0.0739. The lowest BCUT2D eigenvalue weighted by Crippen LogP contribution is -2.43. The minimum absolute atomic E-state index is 0.0739. The summed E-state index contributed by atoms with van der Waals surface area (Å²) in [5, 5.41) is 4.23. The Labute approximate surface area is 103 Å². The summed E-state index contributed by atoms with van der Waals surface area (Å²) in [5.74, 6) is 0. The van der Waals surface area contributed by atoms with Gasteiger partial charge in [0.1, 0.15) is 0 Å². The van der Waals surface area contributed by atoms with Gasteiger partial charge >= 0.3 is 0 Å². The third kappa shape index (κ3) is 2.68. The Morgan fingerprint density at radius 3 is 2.88 bits per heavy atom. The Morgan fingerprint density at radius 1 is 1.65 bits per heavy atom. The van der Waals surface area contributed by atoms with Gasteiger partial charge in [0.25, 0.3) is 0 Å². The van der Waals surface area contributed by atoms with Gasteiger partial charge in [0, 0.05) is 37.5 Å². The Morgan fingerprint density at radius 2 is 2.41 bits per heavy atom. The second kappa shape index (κ2) is 5.16. The molecule has 1 saturated heterocycles. The van der Waals surface area contributed by atoms with Crippen LogP contribution in [0.5, 0.6) is 0 Å². The molecule has 17 heavy (non-hydrogen) atoms. The van der Waals surface area contributed by atoms with Gasteiger partial charge in [-0.2, -0.15) is 5.10 Å². The lowest BCUT2D eigenvalue weighted by atomic mass is 10.0. The fraction of sp³-hybridized carbons (Fsp3) is 0.750. The van der Waals surface area contributed by atoms with E-state index in [0.29, 0.717) is 6.04 Å². The number of aromatic nitrogens is 2. The summed E-state index contributed by atoms with van der Waals surface area (Å²) < 4.78 is 7.27. The number of ether oxygens (including phenoxy) is 1. The van der Waals surface area contributed by atoms with E-state index in [-0.39, 0.29) is 12.1 Å².